The summed E-state index contributed by atoms with van der Waals surface area (Å²) in [6, 6.07) is 0. The Hall–Kier alpha value is -1.80. The normalized spacial score (nSPS) is 14.3. The summed E-state index contributed by atoms with van der Waals surface area (Å²) in [6.07, 6.45) is 49.9. The van der Waals surface area contributed by atoms with Gasteiger partial charge in [0.1, 0.15) is 19.3 Å². The van der Waals surface area contributed by atoms with Crippen molar-refractivity contribution in [3.63, 3.8) is 0 Å². The van der Waals surface area contributed by atoms with Gasteiger partial charge in [-0.2, -0.15) is 0 Å². The quantitative estimate of drug-likeness (QED) is 0.0216. The molecule has 9 heteroatoms. The van der Waals surface area contributed by atoms with Gasteiger partial charge in [0.15, 0.2) is 0 Å². The van der Waals surface area contributed by atoms with Crippen molar-refractivity contribution in [1.82, 2.24) is 0 Å². The van der Waals surface area contributed by atoms with Gasteiger partial charge >= 0.3 is 13.8 Å². The molecule has 2 unspecified atom stereocenters. The number of hydrogen-bond donors (Lipinski definition) is 1. The van der Waals surface area contributed by atoms with E-state index in [9.17, 15) is 14.3 Å². The maximum atomic E-state index is 12.6. The van der Waals surface area contributed by atoms with E-state index in [0.29, 0.717) is 24.1 Å². The Labute approximate surface area is 345 Å². The number of rotatable bonds is 41. The molecular weight excluding hydrogens is 721 g/mol. The Bertz CT molecular complexity index is 1080. The fourth-order valence-electron chi connectivity index (χ4n) is 5.87. The summed E-state index contributed by atoms with van der Waals surface area (Å²) < 4.78 is 34.9. The van der Waals surface area contributed by atoms with E-state index < -0.39 is 13.9 Å². The number of phosphoric ester groups is 1. The van der Waals surface area contributed by atoms with Crippen molar-refractivity contribution in [2.45, 2.75) is 180 Å². The third-order valence-corrected chi connectivity index (χ3v) is 10.3. The highest BCUT2D eigenvalue weighted by Gasteiger charge is 2.26. The zero-order valence-electron chi connectivity index (χ0n) is 36.9. The second-order valence-corrected chi connectivity index (χ2v) is 17.5. The molecule has 0 aromatic heterocycles. The van der Waals surface area contributed by atoms with Crippen LogP contribution in [-0.4, -0.2) is 75.6 Å². The summed E-state index contributed by atoms with van der Waals surface area (Å²) in [5.41, 5.74) is 0. The minimum atomic E-state index is -4.27. The summed E-state index contributed by atoms with van der Waals surface area (Å²) in [4.78, 5) is 22.8. The van der Waals surface area contributed by atoms with Gasteiger partial charge in [-0.3, -0.25) is 13.8 Å². The number of likely N-dealkylation sites (N-methyl/N-ethyl adjacent to an activating group) is 1. The lowest BCUT2D eigenvalue weighted by molar-refractivity contribution is -0.870. The molecule has 0 rings (SSSR count). The minimum Gasteiger partial charge on any atom is -0.457 e. The van der Waals surface area contributed by atoms with Crippen LogP contribution in [-0.2, 0) is 27.9 Å². The number of carbonyl (C=O) groups is 1. The zero-order chi connectivity index (χ0) is 41.3. The monoisotopic (exact) mass is 809 g/mol. The van der Waals surface area contributed by atoms with Crippen LogP contribution in [0.4, 0.5) is 0 Å². The maximum absolute atomic E-state index is 12.6. The molecule has 0 radical (unpaired) electrons. The molecule has 0 aliphatic heterocycles. The fraction of sp³-hybridized carbons (Fsp3) is 0.766. The molecule has 1 N–H and O–H groups in total. The Morgan fingerprint density at radius 3 is 1.55 bits per heavy atom. The van der Waals surface area contributed by atoms with Crippen LogP contribution in [0.15, 0.2) is 60.8 Å². The van der Waals surface area contributed by atoms with E-state index in [2.05, 4.69) is 74.6 Å². The summed E-state index contributed by atoms with van der Waals surface area (Å²) in [6.45, 7) is 5.46. The molecule has 0 aliphatic carbocycles. The molecule has 0 amide bonds. The SMILES string of the molecule is CC/C=C\C/C=C\C/C=C\C/C=C\C/C=C\CCCCCCCCCCCCOCC(COP(=O)(O)OCC[N+](C)(C)C)OC(=O)CCCCCCCCCC. The van der Waals surface area contributed by atoms with E-state index in [1.807, 2.05) is 21.1 Å². The molecule has 0 aliphatic rings. The molecule has 0 saturated heterocycles. The number of nitrogens with zero attached hydrogens (tertiary/aromatic N) is 1. The van der Waals surface area contributed by atoms with Gasteiger partial charge in [0, 0.05) is 13.0 Å². The van der Waals surface area contributed by atoms with Gasteiger partial charge in [0.2, 0.25) is 0 Å². The van der Waals surface area contributed by atoms with Gasteiger partial charge in [-0.15, -0.1) is 0 Å². The van der Waals surface area contributed by atoms with Crippen LogP contribution in [0.5, 0.6) is 0 Å². The highest BCUT2D eigenvalue weighted by atomic mass is 31.2. The van der Waals surface area contributed by atoms with Crippen LogP contribution in [0.3, 0.4) is 0 Å². The van der Waals surface area contributed by atoms with Crippen LogP contribution >= 0.6 is 7.82 Å². The van der Waals surface area contributed by atoms with Crippen molar-refractivity contribution in [1.29, 1.82) is 0 Å². The van der Waals surface area contributed by atoms with Crippen LogP contribution < -0.4 is 0 Å². The van der Waals surface area contributed by atoms with E-state index in [1.54, 1.807) is 0 Å². The van der Waals surface area contributed by atoms with E-state index in [-0.39, 0.29) is 25.8 Å². The average molecular weight is 809 g/mol. The highest BCUT2D eigenvalue weighted by molar-refractivity contribution is 7.47. The van der Waals surface area contributed by atoms with Crippen molar-refractivity contribution < 1.29 is 37.3 Å². The highest BCUT2D eigenvalue weighted by Crippen LogP contribution is 2.43. The molecule has 326 valence electrons. The van der Waals surface area contributed by atoms with E-state index in [4.69, 9.17) is 18.5 Å². The maximum Gasteiger partial charge on any atom is 0.472 e. The molecule has 0 bridgehead atoms. The van der Waals surface area contributed by atoms with Gasteiger partial charge < -0.3 is 18.9 Å². The van der Waals surface area contributed by atoms with E-state index in [0.717, 1.165) is 64.2 Å². The van der Waals surface area contributed by atoms with Crippen LogP contribution in [0.2, 0.25) is 0 Å². The van der Waals surface area contributed by atoms with Gasteiger partial charge in [-0.25, -0.2) is 4.57 Å². The van der Waals surface area contributed by atoms with Crippen molar-refractivity contribution >= 4 is 13.8 Å². The lowest BCUT2D eigenvalue weighted by Crippen LogP contribution is -2.37. The number of hydrogen-bond acceptors (Lipinski definition) is 6. The first-order valence-corrected chi connectivity index (χ1v) is 24.0. The number of ether oxygens (including phenoxy) is 2. The Morgan fingerprint density at radius 1 is 0.571 bits per heavy atom. The number of carbonyl (C=O) groups excluding carboxylic acids is 1. The Balaban J connectivity index is 4.04. The molecule has 56 heavy (non-hydrogen) atoms. The molecule has 8 nitrogen and oxygen atoms in total. The van der Waals surface area contributed by atoms with E-state index >= 15 is 0 Å². The first-order chi connectivity index (χ1) is 27.1. The van der Waals surface area contributed by atoms with Crippen molar-refractivity contribution in [3.8, 4) is 0 Å². The van der Waals surface area contributed by atoms with Crippen molar-refractivity contribution in [2.75, 3.05) is 54.1 Å². The molecule has 0 aromatic carbocycles. The standard InChI is InChI=1S/C47H86NO7P/c1-6-8-10-12-14-16-17-18-19-20-21-22-23-24-25-26-27-28-29-30-31-32-33-35-37-39-42-52-44-46(45-54-56(50,51)53-43-41-48(3,4)5)55-47(49)40-38-36-34-15-13-11-9-7-2/h8,10,14,16,18-19,21-22,24-25,46H,6-7,9,11-13,15,17,20,23,26-45H2,1-5H3/p+1/b10-8-,16-14-,19-18-,22-21-,25-24-. The number of phosphoric acid groups is 1. The fourth-order valence-corrected chi connectivity index (χ4v) is 6.61. The zero-order valence-corrected chi connectivity index (χ0v) is 37.7. The molecule has 2 atom stereocenters. The predicted molar refractivity (Wildman–Crippen MR) is 238 cm³/mol. The third kappa shape index (κ3) is 43.3. The van der Waals surface area contributed by atoms with Crippen LogP contribution in [0.25, 0.3) is 0 Å². The van der Waals surface area contributed by atoms with E-state index in [1.165, 1.54) is 89.9 Å². The Kier molecular flexibility index (Phi) is 38.7. The van der Waals surface area contributed by atoms with Gasteiger partial charge in [-0.1, -0.05) is 171 Å². The van der Waals surface area contributed by atoms with Crippen molar-refractivity contribution in [2.24, 2.45) is 0 Å². The number of unbranched alkanes of at least 4 members (excludes halogenated alkanes) is 17. The molecule has 0 heterocycles. The second kappa shape index (κ2) is 40.0. The summed E-state index contributed by atoms with van der Waals surface area (Å²) in [7, 11) is 1.66. The number of allylic oxidation sites excluding steroid dienone is 10. The van der Waals surface area contributed by atoms with Gasteiger partial charge in [0.05, 0.1) is 34.4 Å². The molecule has 0 saturated carbocycles. The molecular formula is C47H87NO7P+. The van der Waals surface area contributed by atoms with Gasteiger partial charge in [-0.05, 0) is 57.8 Å². The molecule has 0 aromatic rings. The van der Waals surface area contributed by atoms with Crippen LogP contribution in [0.1, 0.15) is 174 Å². The molecule has 0 fully saturated rings. The first-order valence-electron chi connectivity index (χ1n) is 22.5. The summed E-state index contributed by atoms with van der Waals surface area (Å²) in [5, 5.41) is 0. The number of quaternary nitrogens is 1. The average Bonchev–Trinajstić information content (AvgIpc) is 3.15. The summed E-state index contributed by atoms with van der Waals surface area (Å²) >= 11 is 0. The summed E-state index contributed by atoms with van der Waals surface area (Å²) in [5.74, 6) is -0.322. The largest absolute Gasteiger partial charge is 0.472 e. The second-order valence-electron chi connectivity index (χ2n) is 16.1. The van der Waals surface area contributed by atoms with Gasteiger partial charge in [0.25, 0.3) is 0 Å². The Morgan fingerprint density at radius 2 is 1.04 bits per heavy atom. The lowest BCUT2D eigenvalue weighted by atomic mass is 10.1. The topological polar surface area (TPSA) is 91.3 Å². The smallest absolute Gasteiger partial charge is 0.457 e. The van der Waals surface area contributed by atoms with Crippen LogP contribution in [0, 0.1) is 0 Å². The third-order valence-electron chi connectivity index (χ3n) is 9.34. The lowest BCUT2D eigenvalue weighted by Gasteiger charge is -2.24. The number of esters is 1. The predicted octanol–water partition coefficient (Wildman–Crippen LogP) is 13.3. The first kappa shape index (κ1) is 54.2. The molecule has 0 spiro atoms. The van der Waals surface area contributed by atoms with Crippen molar-refractivity contribution in [3.05, 3.63) is 60.8 Å². The minimum absolute atomic E-state index is 0.0864.